The van der Waals surface area contributed by atoms with Crippen LogP contribution in [0.15, 0.2) is 23.1 Å². The molecule has 0 aliphatic heterocycles. The van der Waals surface area contributed by atoms with Crippen molar-refractivity contribution in [3.05, 3.63) is 33.9 Å². The van der Waals surface area contributed by atoms with Crippen molar-refractivity contribution in [3.8, 4) is 11.9 Å². The van der Waals surface area contributed by atoms with E-state index in [1.165, 1.54) is 17.2 Å². The highest BCUT2D eigenvalue weighted by atomic mass is 79.9. The maximum Gasteiger partial charge on any atom is 0.252 e. The van der Waals surface area contributed by atoms with E-state index in [-0.39, 0.29) is 5.82 Å². The number of rotatable bonds is 1. The molecule has 0 aromatic carbocycles. The summed E-state index contributed by atoms with van der Waals surface area (Å²) >= 11 is 9.04. The summed E-state index contributed by atoms with van der Waals surface area (Å²) in [6.07, 6.45) is 2.91. The third-order valence-corrected chi connectivity index (χ3v) is 2.39. The molecule has 0 fully saturated rings. The van der Waals surface area contributed by atoms with E-state index in [4.69, 9.17) is 16.9 Å². The smallest absolute Gasteiger partial charge is 0.235 e. The Kier molecular flexibility index (Phi) is 2.66. The molecule has 0 atom stereocenters. The van der Waals surface area contributed by atoms with E-state index in [1.54, 1.807) is 6.07 Å². The Balaban J connectivity index is 2.50. The molecule has 0 saturated heterocycles. The average Bonchev–Trinajstić information content (AvgIpc) is 2.66. The lowest BCUT2D eigenvalue weighted by atomic mass is 10.5. The molecular formula is C8H3BrClN5. The molecule has 0 saturated carbocycles. The molecule has 2 heterocycles. The molecule has 2 aromatic heterocycles. The first-order valence-corrected chi connectivity index (χ1v) is 5.01. The van der Waals surface area contributed by atoms with Gasteiger partial charge in [0, 0.05) is 6.20 Å². The lowest BCUT2D eigenvalue weighted by Gasteiger charge is -2.01. The van der Waals surface area contributed by atoms with Gasteiger partial charge in [-0.25, -0.2) is 14.6 Å². The Hall–Kier alpha value is -1.45. The van der Waals surface area contributed by atoms with Crippen LogP contribution >= 0.6 is 27.5 Å². The van der Waals surface area contributed by atoms with Gasteiger partial charge in [-0.2, -0.15) is 5.26 Å². The highest BCUT2D eigenvalue weighted by molar-refractivity contribution is 9.10. The zero-order valence-corrected chi connectivity index (χ0v) is 9.57. The Morgan fingerprint density at radius 3 is 2.87 bits per heavy atom. The van der Waals surface area contributed by atoms with Gasteiger partial charge < -0.3 is 0 Å². The van der Waals surface area contributed by atoms with Gasteiger partial charge in [0.2, 0.25) is 0 Å². The maximum atomic E-state index is 8.57. The van der Waals surface area contributed by atoms with Crippen molar-refractivity contribution in [1.82, 2.24) is 19.7 Å². The van der Waals surface area contributed by atoms with Crippen molar-refractivity contribution in [2.24, 2.45) is 0 Å². The summed E-state index contributed by atoms with van der Waals surface area (Å²) in [6.45, 7) is 0. The number of hydrogen-bond donors (Lipinski definition) is 0. The van der Waals surface area contributed by atoms with Gasteiger partial charge in [-0.3, -0.25) is 0 Å². The van der Waals surface area contributed by atoms with Crippen LogP contribution in [-0.4, -0.2) is 19.7 Å². The third kappa shape index (κ3) is 1.98. The average molecular weight is 285 g/mol. The Bertz CT molecular complexity index is 544. The molecule has 7 heteroatoms. The molecule has 2 aromatic rings. The second-order valence-electron chi connectivity index (χ2n) is 2.58. The fraction of sp³-hybridized carbons (Fsp3) is 0. The second kappa shape index (κ2) is 3.96. The van der Waals surface area contributed by atoms with Crippen molar-refractivity contribution < 1.29 is 0 Å². The Labute approximate surface area is 98.5 Å². The summed E-state index contributed by atoms with van der Waals surface area (Å²) in [5, 5.41) is 13.0. The molecule has 0 amide bonds. The highest BCUT2D eigenvalue weighted by Gasteiger charge is 2.07. The van der Waals surface area contributed by atoms with Gasteiger partial charge in [0.15, 0.2) is 5.82 Å². The number of aromatic nitrogens is 4. The van der Waals surface area contributed by atoms with Crippen LogP contribution in [0.5, 0.6) is 0 Å². The van der Waals surface area contributed by atoms with Crippen LogP contribution in [0.2, 0.25) is 5.02 Å². The Morgan fingerprint density at radius 2 is 2.27 bits per heavy atom. The van der Waals surface area contributed by atoms with Crippen molar-refractivity contribution in [3.63, 3.8) is 0 Å². The second-order valence-corrected chi connectivity index (χ2v) is 3.87. The zero-order valence-electron chi connectivity index (χ0n) is 7.22. The molecule has 0 bridgehead atoms. The van der Waals surface area contributed by atoms with Gasteiger partial charge in [0.1, 0.15) is 12.4 Å². The van der Waals surface area contributed by atoms with Crippen LogP contribution in [0, 0.1) is 11.3 Å². The van der Waals surface area contributed by atoms with Gasteiger partial charge in [-0.05, 0) is 22.0 Å². The van der Waals surface area contributed by atoms with Gasteiger partial charge in [0.25, 0.3) is 5.82 Å². The molecule has 0 spiro atoms. The lowest BCUT2D eigenvalue weighted by Crippen LogP contribution is -1.99. The van der Waals surface area contributed by atoms with Crippen LogP contribution in [0.1, 0.15) is 5.82 Å². The van der Waals surface area contributed by atoms with Crippen molar-refractivity contribution in [1.29, 1.82) is 5.26 Å². The first kappa shape index (κ1) is 10.1. The normalized spacial score (nSPS) is 9.93. The van der Waals surface area contributed by atoms with E-state index >= 15 is 0 Å². The molecule has 0 unspecified atom stereocenters. The summed E-state index contributed by atoms with van der Waals surface area (Å²) in [7, 11) is 0. The largest absolute Gasteiger partial charge is 0.252 e. The summed E-state index contributed by atoms with van der Waals surface area (Å²) in [6, 6.07) is 3.53. The monoisotopic (exact) mass is 283 g/mol. The maximum absolute atomic E-state index is 8.57. The zero-order chi connectivity index (χ0) is 10.8. The van der Waals surface area contributed by atoms with Gasteiger partial charge >= 0.3 is 0 Å². The predicted molar refractivity (Wildman–Crippen MR) is 56.6 cm³/mol. The first-order chi connectivity index (χ1) is 7.20. The van der Waals surface area contributed by atoms with E-state index in [9.17, 15) is 0 Å². The summed E-state index contributed by atoms with van der Waals surface area (Å²) in [5.74, 6) is 0.632. The molecule has 0 radical (unpaired) electrons. The van der Waals surface area contributed by atoms with E-state index < -0.39 is 0 Å². The molecule has 2 rings (SSSR count). The van der Waals surface area contributed by atoms with Crippen molar-refractivity contribution in [2.75, 3.05) is 0 Å². The number of pyridine rings is 1. The molecule has 0 aliphatic rings. The topological polar surface area (TPSA) is 67.4 Å². The molecule has 0 aliphatic carbocycles. The number of nitrogens with zero attached hydrogens (tertiary/aromatic N) is 5. The number of halogens is 2. The number of nitriles is 1. The minimum absolute atomic E-state index is 0.0960. The summed E-state index contributed by atoms with van der Waals surface area (Å²) in [5.41, 5.74) is 0. The third-order valence-electron chi connectivity index (χ3n) is 1.60. The fourth-order valence-corrected chi connectivity index (χ4v) is 1.81. The van der Waals surface area contributed by atoms with Crippen LogP contribution in [0.4, 0.5) is 0 Å². The number of hydrogen-bond acceptors (Lipinski definition) is 4. The quantitative estimate of drug-likeness (QED) is 0.802. The van der Waals surface area contributed by atoms with Crippen LogP contribution < -0.4 is 0 Å². The fourth-order valence-electron chi connectivity index (χ4n) is 0.992. The van der Waals surface area contributed by atoms with E-state index in [0.29, 0.717) is 15.3 Å². The molecule has 5 nitrogen and oxygen atoms in total. The minimum Gasteiger partial charge on any atom is -0.235 e. The van der Waals surface area contributed by atoms with Crippen molar-refractivity contribution in [2.45, 2.75) is 0 Å². The van der Waals surface area contributed by atoms with Crippen LogP contribution in [0.3, 0.4) is 0 Å². The van der Waals surface area contributed by atoms with Gasteiger partial charge in [0.05, 0.1) is 9.50 Å². The Morgan fingerprint density at radius 1 is 1.47 bits per heavy atom. The molecular weight excluding hydrogens is 281 g/mol. The van der Waals surface area contributed by atoms with E-state index in [0.717, 1.165) is 0 Å². The standard InChI is InChI=1S/C8H3BrClN5/c9-6-1-5(10)3-12-8(6)15-4-13-7(2-11)14-15/h1,3-4H. The summed E-state index contributed by atoms with van der Waals surface area (Å²) < 4.78 is 2.09. The van der Waals surface area contributed by atoms with Gasteiger partial charge in [-0.1, -0.05) is 11.6 Å². The van der Waals surface area contributed by atoms with E-state index in [2.05, 4.69) is 31.0 Å². The molecule has 15 heavy (non-hydrogen) atoms. The van der Waals surface area contributed by atoms with Gasteiger partial charge in [-0.15, -0.1) is 5.10 Å². The molecule has 0 N–H and O–H groups in total. The van der Waals surface area contributed by atoms with Crippen molar-refractivity contribution >= 4 is 27.5 Å². The highest BCUT2D eigenvalue weighted by Crippen LogP contribution is 2.21. The van der Waals surface area contributed by atoms with Crippen LogP contribution in [-0.2, 0) is 0 Å². The summed E-state index contributed by atoms with van der Waals surface area (Å²) in [4.78, 5) is 7.84. The predicted octanol–water partition coefficient (Wildman–Crippen LogP) is 1.95. The lowest BCUT2D eigenvalue weighted by molar-refractivity contribution is 0.835. The molecule has 74 valence electrons. The van der Waals surface area contributed by atoms with Crippen LogP contribution in [0.25, 0.3) is 5.82 Å². The minimum atomic E-state index is 0.0960. The first-order valence-electron chi connectivity index (χ1n) is 3.84. The van der Waals surface area contributed by atoms with E-state index in [1.807, 2.05) is 6.07 Å². The SMILES string of the molecule is N#Cc1ncn(-c2ncc(Cl)cc2Br)n1.